The van der Waals surface area contributed by atoms with Crippen LogP contribution in [0.4, 0.5) is 0 Å². The number of aromatic nitrogens is 3. The van der Waals surface area contributed by atoms with E-state index >= 15 is 0 Å². The van der Waals surface area contributed by atoms with Gasteiger partial charge in [0.1, 0.15) is 10.7 Å². The molecule has 124 valence electrons. The summed E-state index contributed by atoms with van der Waals surface area (Å²) in [6.45, 7) is 5.50. The van der Waals surface area contributed by atoms with Gasteiger partial charge in [-0.1, -0.05) is 36.8 Å². The summed E-state index contributed by atoms with van der Waals surface area (Å²) in [7, 11) is 0. The van der Waals surface area contributed by atoms with E-state index in [1.807, 2.05) is 46.6 Å². The lowest BCUT2D eigenvalue weighted by molar-refractivity contribution is 0.0942. The number of carbonyl (C=O) groups excluding carboxylic acids is 1. The molecule has 0 aliphatic rings. The smallest absolute Gasteiger partial charge is 0.270 e. The molecule has 3 rings (SSSR count). The predicted molar refractivity (Wildman–Crippen MR) is 96.0 cm³/mol. The molecular formula is C18H20N4OS. The number of amides is 1. The van der Waals surface area contributed by atoms with Crippen LogP contribution in [-0.4, -0.2) is 27.2 Å². The maximum atomic E-state index is 12.3. The highest BCUT2D eigenvalue weighted by Gasteiger charge is 2.13. The highest BCUT2D eigenvalue weighted by Crippen LogP contribution is 2.23. The third kappa shape index (κ3) is 4.08. The van der Waals surface area contributed by atoms with Gasteiger partial charge in [0, 0.05) is 36.4 Å². The Kier molecular flexibility index (Phi) is 5.05. The molecule has 0 fully saturated rings. The summed E-state index contributed by atoms with van der Waals surface area (Å²) in [6.07, 6.45) is 3.68. The number of carbonyl (C=O) groups is 1. The molecule has 1 atom stereocenters. The number of aryl methyl sites for hydroxylation is 1. The molecule has 0 radical (unpaired) electrons. The average molecular weight is 340 g/mol. The lowest BCUT2D eigenvalue weighted by Crippen LogP contribution is -2.30. The molecule has 2 heterocycles. The van der Waals surface area contributed by atoms with Crippen LogP contribution in [0.2, 0.25) is 0 Å². The van der Waals surface area contributed by atoms with Gasteiger partial charge < -0.3 is 5.32 Å². The maximum Gasteiger partial charge on any atom is 0.270 e. The minimum absolute atomic E-state index is 0.128. The van der Waals surface area contributed by atoms with Crippen molar-refractivity contribution in [2.24, 2.45) is 5.92 Å². The third-order valence-corrected chi connectivity index (χ3v) is 4.60. The second-order valence-electron chi connectivity index (χ2n) is 5.95. The highest BCUT2D eigenvalue weighted by atomic mass is 32.1. The molecule has 6 heteroatoms. The Bertz CT molecular complexity index is 793. The molecule has 0 aliphatic heterocycles. The molecule has 3 aromatic rings. The highest BCUT2D eigenvalue weighted by molar-refractivity contribution is 7.13. The Morgan fingerprint density at radius 1 is 1.33 bits per heavy atom. The summed E-state index contributed by atoms with van der Waals surface area (Å²) in [5.41, 5.74) is 2.72. The van der Waals surface area contributed by atoms with Crippen molar-refractivity contribution in [1.82, 2.24) is 20.1 Å². The quantitative estimate of drug-likeness (QED) is 0.748. The second-order valence-corrected chi connectivity index (χ2v) is 6.81. The first kappa shape index (κ1) is 16.4. The standard InChI is InChI=1S/C18H20N4OS/c1-13-4-6-15(7-5-13)18-21-16(12-24-18)17(23)19-10-14(2)11-22-9-3-8-20-22/h3-9,12,14H,10-11H2,1-2H3,(H,19,23). The van der Waals surface area contributed by atoms with Crippen molar-refractivity contribution >= 4 is 17.2 Å². The van der Waals surface area contributed by atoms with E-state index in [-0.39, 0.29) is 5.91 Å². The molecule has 5 nitrogen and oxygen atoms in total. The van der Waals surface area contributed by atoms with Crippen LogP contribution >= 0.6 is 11.3 Å². The summed E-state index contributed by atoms with van der Waals surface area (Å²) >= 11 is 1.49. The average Bonchev–Trinajstić information content (AvgIpc) is 3.25. The SMILES string of the molecule is Cc1ccc(-c2nc(C(=O)NCC(C)Cn3cccn3)cs2)cc1. The van der Waals surface area contributed by atoms with Crippen LogP contribution in [0.25, 0.3) is 10.6 Å². The molecule has 1 aromatic carbocycles. The van der Waals surface area contributed by atoms with Crippen LogP contribution < -0.4 is 5.32 Å². The Labute approximate surface area is 145 Å². The first-order valence-electron chi connectivity index (χ1n) is 7.90. The monoisotopic (exact) mass is 340 g/mol. The number of hydrogen-bond donors (Lipinski definition) is 1. The Balaban J connectivity index is 1.56. The molecule has 2 aromatic heterocycles. The van der Waals surface area contributed by atoms with E-state index < -0.39 is 0 Å². The van der Waals surface area contributed by atoms with Crippen LogP contribution in [0.5, 0.6) is 0 Å². The molecule has 1 amide bonds. The topological polar surface area (TPSA) is 59.8 Å². The van der Waals surface area contributed by atoms with Gasteiger partial charge in [0.2, 0.25) is 0 Å². The van der Waals surface area contributed by atoms with E-state index in [2.05, 4.69) is 29.2 Å². The Morgan fingerprint density at radius 2 is 2.12 bits per heavy atom. The molecule has 1 unspecified atom stereocenters. The normalized spacial score (nSPS) is 12.1. The molecule has 0 saturated carbocycles. The van der Waals surface area contributed by atoms with Crippen molar-refractivity contribution in [3.8, 4) is 10.6 Å². The van der Waals surface area contributed by atoms with Gasteiger partial charge in [0.15, 0.2) is 0 Å². The number of thiazole rings is 1. The van der Waals surface area contributed by atoms with Crippen molar-refractivity contribution in [2.75, 3.05) is 6.54 Å². The number of nitrogens with one attached hydrogen (secondary N) is 1. The van der Waals surface area contributed by atoms with Gasteiger partial charge >= 0.3 is 0 Å². The van der Waals surface area contributed by atoms with E-state index in [1.54, 1.807) is 6.20 Å². The summed E-state index contributed by atoms with van der Waals surface area (Å²) in [4.78, 5) is 16.7. The summed E-state index contributed by atoms with van der Waals surface area (Å²) < 4.78 is 1.87. The number of rotatable bonds is 6. The van der Waals surface area contributed by atoms with Gasteiger partial charge in [-0.25, -0.2) is 4.98 Å². The van der Waals surface area contributed by atoms with Gasteiger partial charge in [-0.3, -0.25) is 9.48 Å². The number of hydrogen-bond acceptors (Lipinski definition) is 4. The van der Waals surface area contributed by atoms with E-state index in [0.717, 1.165) is 17.1 Å². The maximum absolute atomic E-state index is 12.3. The lowest BCUT2D eigenvalue weighted by Gasteiger charge is -2.12. The molecule has 0 saturated heterocycles. The minimum atomic E-state index is -0.128. The number of nitrogens with zero attached hydrogens (tertiary/aromatic N) is 3. The van der Waals surface area contributed by atoms with Gasteiger partial charge in [0.05, 0.1) is 0 Å². The molecule has 0 spiro atoms. The van der Waals surface area contributed by atoms with E-state index in [4.69, 9.17) is 0 Å². The molecule has 0 aliphatic carbocycles. The Morgan fingerprint density at radius 3 is 2.83 bits per heavy atom. The minimum Gasteiger partial charge on any atom is -0.350 e. The van der Waals surface area contributed by atoms with Crippen molar-refractivity contribution in [2.45, 2.75) is 20.4 Å². The summed E-state index contributed by atoms with van der Waals surface area (Å²) in [6, 6.07) is 10.1. The van der Waals surface area contributed by atoms with Gasteiger partial charge in [-0.05, 0) is 18.9 Å². The van der Waals surface area contributed by atoms with E-state index in [1.165, 1.54) is 16.9 Å². The summed E-state index contributed by atoms with van der Waals surface area (Å²) in [5.74, 6) is 0.168. The zero-order valence-corrected chi connectivity index (χ0v) is 14.6. The van der Waals surface area contributed by atoms with Crippen molar-refractivity contribution in [1.29, 1.82) is 0 Å². The van der Waals surface area contributed by atoms with Gasteiger partial charge in [-0.2, -0.15) is 5.10 Å². The zero-order chi connectivity index (χ0) is 16.9. The fourth-order valence-electron chi connectivity index (χ4n) is 2.36. The van der Waals surface area contributed by atoms with Gasteiger partial charge in [0.25, 0.3) is 5.91 Å². The second kappa shape index (κ2) is 7.40. The van der Waals surface area contributed by atoms with Crippen LogP contribution in [0.3, 0.4) is 0 Å². The largest absolute Gasteiger partial charge is 0.350 e. The zero-order valence-electron chi connectivity index (χ0n) is 13.8. The van der Waals surface area contributed by atoms with E-state index in [0.29, 0.717) is 18.2 Å². The van der Waals surface area contributed by atoms with Crippen molar-refractivity contribution < 1.29 is 4.79 Å². The van der Waals surface area contributed by atoms with Crippen molar-refractivity contribution in [3.05, 3.63) is 59.4 Å². The third-order valence-electron chi connectivity index (χ3n) is 3.70. The van der Waals surface area contributed by atoms with E-state index in [9.17, 15) is 4.79 Å². The van der Waals surface area contributed by atoms with Crippen LogP contribution in [0.15, 0.2) is 48.1 Å². The fraction of sp³-hybridized carbons (Fsp3) is 0.278. The number of benzene rings is 1. The van der Waals surface area contributed by atoms with Crippen LogP contribution in [0.1, 0.15) is 23.0 Å². The van der Waals surface area contributed by atoms with Gasteiger partial charge in [-0.15, -0.1) is 11.3 Å². The summed E-state index contributed by atoms with van der Waals surface area (Å²) in [5, 5.41) is 9.80. The first-order valence-corrected chi connectivity index (χ1v) is 8.78. The molecule has 24 heavy (non-hydrogen) atoms. The van der Waals surface area contributed by atoms with Crippen LogP contribution in [-0.2, 0) is 6.54 Å². The van der Waals surface area contributed by atoms with Crippen molar-refractivity contribution in [3.63, 3.8) is 0 Å². The molecular weight excluding hydrogens is 320 g/mol. The lowest BCUT2D eigenvalue weighted by atomic mass is 10.2. The first-order chi connectivity index (χ1) is 11.6. The fourth-order valence-corrected chi connectivity index (χ4v) is 3.16. The molecule has 0 bridgehead atoms. The predicted octanol–water partition coefficient (Wildman–Crippen LogP) is 3.38. The molecule has 1 N–H and O–H groups in total. The Hall–Kier alpha value is -2.47. The van der Waals surface area contributed by atoms with Crippen LogP contribution in [0, 0.1) is 12.8 Å².